The molecule has 0 saturated carbocycles. The smallest absolute Gasteiger partial charge is 0.349 e. The third-order valence-electron chi connectivity index (χ3n) is 3.00. The monoisotopic (exact) mass is 363 g/mol. The van der Waals surface area contributed by atoms with Crippen molar-refractivity contribution in [2.75, 3.05) is 6.61 Å². The maximum atomic E-state index is 11.9. The highest BCUT2D eigenvalue weighted by molar-refractivity contribution is 6.35. The van der Waals surface area contributed by atoms with Gasteiger partial charge in [-0.25, -0.2) is 4.79 Å². The van der Waals surface area contributed by atoms with Crippen LogP contribution in [0.3, 0.4) is 0 Å². The van der Waals surface area contributed by atoms with Gasteiger partial charge in [0.1, 0.15) is 23.2 Å². The van der Waals surface area contributed by atoms with Gasteiger partial charge in [-0.05, 0) is 36.2 Å². The van der Waals surface area contributed by atoms with E-state index in [1.165, 1.54) is 6.08 Å². The topological polar surface area (TPSA) is 63.2 Å². The Bertz CT molecular complexity index is 816. The van der Waals surface area contributed by atoms with E-state index in [-0.39, 0.29) is 18.1 Å². The van der Waals surface area contributed by atoms with Gasteiger partial charge in [0, 0.05) is 16.7 Å². The summed E-state index contributed by atoms with van der Waals surface area (Å²) in [5.41, 5.74) is 0.499. The van der Waals surface area contributed by atoms with Crippen LogP contribution < -0.4 is 0 Å². The van der Waals surface area contributed by atoms with Crippen molar-refractivity contribution in [2.45, 2.75) is 13.8 Å². The van der Waals surface area contributed by atoms with E-state index >= 15 is 0 Å². The molecule has 0 atom stereocenters. The first-order chi connectivity index (χ1) is 11.4. The summed E-state index contributed by atoms with van der Waals surface area (Å²) in [4.78, 5) is 11.9. The number of nitriles is 1. The molecule has 0 aliphatic heterocycles. The lowest BCUT2D eigenvalue weighted by molar-refractivity contribution is -0.139. The number of furan rings is 1. The van der Waals surface area contributed by atoms with E-state index < -0.39 is 5.97 Å². The first-order valence-electron chi connectivity index (χ1n) is 7.25. The SMILES string of the molecule is CC(C)COC(=O)/C(C#N)=C/c1ccc(-c2cc(Cl)ccc2Cl)o1. The molecular weight excluding hydrogens is 349 g/mol. The van der Waals surface area contributed by atoms with E-state index in [0.29, 0.717) is 27.1 Å². The second kappa shape index (κ2) is 8.05. The minimum atomic E-state index is -0.676. The summed E-state index contributed by atoms with van der Waals surface area (Å²) in [7, 11) is 0. The summed E-state index contributed by atoms with van der Waals surface area (Å²) in [6.45, 7) is 4.08. The zero-order chi connectivity index (χ0) is 17.7. The highest BCUT2D eigenvalue weighted by atomic mass is 35.5. The standard InChI is InChI=1S/C18H15Cl2NO3/c1-11(2)10-23-18(22)12(9-21)7-14-4-6-17(24-14)15-8-13(19)3-5-16(15)20/h3-8,11H,10H2,1-2H3/b12-7+. The van der Waals surface area contributed by atoms with Gasteiger partial charge in [-0.2, -0.15) is 5.26 Å². The number of hydrogen-bond donors (Lipinski definition) is 0. The van der Waals surface area contributed by atoms with Gasteiger partial charge in [-0.1, -0.05) is 37.0 Å². The van der Waals surface area contributed by atoms with Gasteiger partial charge < -0.3 is 9.15 Å². The van der Waals surface area contributed by atoms with Crippen molar-refractivity contribution in [1.82, 2.24) is 0 Å². The molecule has 0 aliphatic rings. The molecule has 1 heterocycles. The van der Waals surface area contributed by atoms with Crippen molar-refractivity contribution in [3.05, 3.63) is 51.7 Å². The van der Waals surface area contributed by atoms with Crippen molar-refractivity contribution in [1.29, 1.82) is 5.26 Å². The molecule has 1 aromatic carbocycles. The van der Waals surface area contributed by atoms with Gasteiger partial charge in [0.25, 0.3) is 0 Å². The average Bonchev–Trinajstić information content (AvgIpc) is 3.01. The van der Waals surface area contributed by atoms with Crippen molar-refractivity contribution >= 4 is 35.2 Å². The second-order valence-corrected chi connectivity index (χ2v) is 6.33. The number of ether oxygens (including phenoxy) is 1. The van der Waals surface area contributed by atoms with Crippen LogP contribution >= 0.6 is 23.2 Å². The van der Waals surface area contributed by atoms with Crippen LogP contribution in [0.15, 0.2) is 40.3 Å². The molecule has 2 aromatic rings. The van der Waals surface area contributed by atoms with E-state index in [0.717, 1.165) is 0 Å². The fourth-order valence-electron chi connectivity index (χ4n) is 1.86. The Balaban J connectivity index is 2.24. The highest BCUT2D eigenvalue weighted by Crippen LogP contribution is 2.32. The Morgan fingerprint density at radius 3 is 2.75 bits per heavy atom. The van der Waals surface area contributed by atoms with E-state index in [1.807, 2.05) is 19.9 Å². The Labute approximate surface area is 150 Å². The minimum Gasteiger partial charge on any atom is -0.461 e. The van der Waals surface area contributed by atoms with Gasteiger partial charge in [0.2, 0.25) is 0 Å². The Kier molecular flexibility index (Phi) is 6.08. The number of nitrogens with zero attached hydrogens (tertiary/aromatic N) is 1. The third kappa shape index (κ3) is 4.64. The largest absolute Gasteiger partial charge is 0.461 e. The van der Waals surface area contributed by atoms with E-state index in [9.17, 15) is 4.79 Å². The van der Waals surface area contributed by atoms with E-state index in [2.05, 4.69) is 0 Å². The van der Waals surface area contributed by atoms with Crippen LogP contribution in [0.25, 0.3) is 17.4 Å². The number of hydrogen-bond acceptors (Lipinski definition) is 4. The maximum Gasteiger partial charge on any atom is 0.349 e. The molecule has 0 bridgehead atoms. The lowest BCUT2D eigenvalue weighted by Gasteiger charge is -2.05. The van der Waals surface area contributed by atoms with Crippen LogP contribution in [0.5, 0.6) is 0 Å². The molecule has 124 valence electrons. The molecule has 0 unspecified atom stereocenters. The van der Waals surface area contributed by atoms with Crippen LogP contribution in [-0.2, 0) is 9.53 Å². The minimum absolute atomic E-state index is 0.131. The summed E-state index contributed by atoms with van der Waals surface area (Å²) < 4.78 is 10.7. The molecule has 6 heteroatoms. The van der Waals surface area contributed by atoms with Crippen LogP contribution in [0.4, 0.5) is 0 Å². The normalized spacial score (nSPS) is 11.4. The molecule has 24 heavy (non-hydrogen) atoms. The third-order valence-corrected chi connectivity index (χ3v) is 3.56. The first kappa shape index (κ1) is 18.1. The van der Waals surface area contributed by atoms with Gasteiger partial charge >= 0.3 is 5.97 Å². The fraction of sp³-hybridized carbons (Fsp3) is 0.222. The predicted molar refractivity (Wildman–Crippen MR) is 93.6 cm³/mol. The summed E-state index contributed by atoms with van der Waals surface area (Å²) in [6, 6.07) is 10.2. The fourth-order valence-corrected chi connectivity index (χ4v) is 2.24. The molecule has 0 radical (unpaired) electrons. The van der Waals surface area contributed by atoms with E-state index in [1.54, 1.807) is 30.3 Å². The van der Waals surface area contributed by atoms with Crippen molar-refractivity contribution in [2.24, 2.45) is 5.92 Å². The number of carbonyl (C=O) groups excluding carboxylic acids is 1. The van der Waals surface area contributed by atoms with Gasteiger partial charge in [-0.3, -0.25) is 0 Å². The first-order valence-corrected chi connectivity index (χ1v) is 8.00. The summed E-state index contributed by atoms with van der Waals surface area (Å²) in [5.74, 6) is 0.347. The molecule has 0 fully saturated rings. The van der Waals surface area contributed by atoms with Gasteiger partial charge in [0.15, 0.2) is 0 Å². The molecular formula is C18H15Cl2NO3. The van der Waals surface area contributed by atoms with Crippen LogP contribution in [0.1, 0.15) is 19.6 Å². The van der Waals surface area contributed by atoms with Crippen LogP contribution in [-0.4, -0.2) is 12.6 Å². The maximum absolute atomic E-state index is 11.9. The zero-order valence-electron chi connectivity index (χ0n) is 13.2. The van der Waals surface area contributed by atoms with Gasteiger partial charge in [0.05, 0.1) is 11.6 Å². The van der Waals surface area contributed by atoms with Gasteiger partial charge in [-0.15, -0.1) is 0 Å². The molecule has 1 aromatic heterocycles. The molecule has 2 rings (SSSR count). The zero-order valence-corrected chi connectivity index (χ0v) is 14.7. The van der Waals surface area contributed by atoms with Crippen LogP contribution in [0.2, 0.25) is 10.0 Å². The molecule has 0 N–H and O–H groups in total. The number of rotatable bonds is 5. The quantitative estimate of drug-likeness (QED) is 0.407. The van der Waals surface area contributed by atoms with E-state index in [4.69, 9.17) is 37.6 Å². The lowest BCUT2D eigenvalue weighted by Crippen LogP contribution is -2.11. The summed E-state index contributed by atoms with van der Waals surface area (Å²) >= 11 is 12.1. The van der Waals surface area contributed by atoms with Crippen LogP contribution in [0, 0.1) is 17.2 Å². The van der Waals surface area contributed by atoms with Crippen molar-refractivity contribution in [3.63, 3.8) is 0 Å². The molecule has 0 spiro atoms. The number of halogens is 2. The highest BCUT2D eigenvalue weighted by Gasteiger charge is 2.14. The molecule has 0 saturated heterocycles. The Morgan fingerprint density at radius 2 is 2.08 bits per heavy atom. The number of esters is 1. The Morgan fingerprint density at radius 1 is 1.33 bits per heavy atom. The number of carbonyl (C=O) groups is 1. The summed E-state index contributed by atoms with van der Waals surface area (Å²) in [6.07, 6.45) is 1.34. The molecule has 0 aliphatic carbocycles. The Hall–Kier alpha value is -2.22. The average molecular weight is 364 g/mol. The molecule has 4 nitrogen and oxygen atoms in total. The molecule has 0 amide bonds. The number of benzene rings is 1. The predicted octanol–water partition coefficient (Wildman–Crippen LogP) is 5.36. The second-order valence-electron chi connectivity index (χ2n) is 5.49. The van der Waals surface area contributed by atoms with Crippen molar-refractivity contribution < 1.29 is 13.9 Å². The lowest BCUT2D eigenvalue weighted by atomic mass is 10.2. The summed E-state index contributed by atoms with van der Waals surface area (Å²) in [5, 5.41) is 10.1. The van der Waals surface area contributed by atoms with Crippen molar-refractivity contribution in [3.8, 4) is 17.4 Å².